The Balaban J connectivity index is 2.18. The third-order valence-electron chi connectivity index (χ3n) is 2.50. The predicted octanol–water partition coefficient (Wildman–Crippen LogP) is 3.35. The molecule has 0 aliphatic heterocycles. The molecular formula is C13H15ClN2. The fourth-order valence-electron chi connectivity index (χ4n) is 1.67. The highest BCUT2D eigenvalue weighted by Gasteiger charge is 2.00. The van der Waals surface area contributed by atoms with Gasteiger partial charge in [0.2, 0.25) is 0 Å². The first-order valence-electron chi connectivity index (χ1n) is 5.46. The lowest BCUT2D eigenvalue weighted by Gasteiger charge is -2.01. The van der Waals surface area contributed by atoms with Gasteiger partial charge in [0.1, 0.15) is 0 Å². The van der Waals surface area contributed by atoms with Gasteiger partial charge < -0.3 is 0 Å². The molecule has 0 aliphatic carbocycles. The van der Waals surface area contributed by atoms with E-state index in [2.05, 4.69) is 36.4 Å². The fourth-order valence-corrected chi connectivity index (χ4v) is 1.81. The lowest BCUT2D eigenvalue weighted by Crippen LogP contribution is -1.94. The van der Waals surface area contributed by atoms with Crippen molar-refractivity contribution in [3.63, 3.8) is 0 Å². The third kappa shape index (κ3) is 2.64. The summed E-state index contributed by atoms with van der Waals surface area (Å²) in [5.41, 5.74) is 3.59. The van der Waals surface area contributed by atoms with Gasteiger partial charge in [-0.1, -0.05) is 12.1 Å². The fraction of sp³-hybridized carbons (Fsp3) is 0.308. The van der Waals surface area contributed by atoms with E-state index in [0.29, 0.717) is 5.88 Å². The molecule has 0 aliphatic rings. The summed E-state index contributed by atoms with van der Waals surface area (Å²) in [6.45, 7) is 2.08. The van der Waals surface area contributed by atoms with E-state index >= 15 is 0 Å². The van der Waals surface area contributed by atoms with Crippen LogP contribution in [0.2, 0.25) is 0 Å². The maximum absolute atomic E-state index is 5.67. The van der Waals surface area contributed by atoms with Crippen LogP contribution in [0, 0.1) is 6.92 Å². The van der Waals surface area contributed by atoms with Crippen LogP contribution < -0.4 is 0 Å². The van der Waals surface area contributed by atoms with Crippen molar-refractivity contribution in [2.75, 3.05) is 5.88 Å². The maximum atomic E-state index is 5.67. The Morgan fingerprint density at radius 2 is 2.25 bits per heavy atom. The molecule has 3 heteroatoms. The quantitative estimate of drug-likeness (QED) is 0.742. The van der Waals surface area contributed by atoms with E-state index < -0.39 is 0 Å². The second-order valence-corrected chi connectivity index (χ2v) is 4.30. The van der Waals surface area contributed by atoms with Crippen LogP contribution in [0.3, 0.4) is 0 Å². The van der Waals surface area contributed by atoms with Gasteiger partial charge in [-0.05, 0) is 43.0 Å². The van der Waals surface area contributed by atoms with Crippen LogP contribution in [-0.4, -0.2) is 15.7 Å². The smallest absolute Gasteiger partial charge is 0.0648 e. The molecule has 0 fully saturated rings. The molecule has 0 bridgehead atoms. The number of hydrogen-bond donors (Lipinski definition) is 0. The molecule has 0 amide bonds. The summed E-state index contributed by atoms with van der Waals surface area (Å²) in [4.78, 5) is 0. The number of benzene rings is 1. The van der Waals surface area contributed by atoms with E-state index in [-0.39, 0.29) is 0 Å². The highest BCUT2D eigenvalue weighted by molar-refractivity contribution is 6.17. The lowest BCUT2D eigenvalue weighted by atomic mass is 10.2. The Labute approximate surface area is 101 Å². The number of alkyl halides is 1. The molecule has 0 unspecified atom stereocenters. The van der Waals surface area contributed by atoms with Gasteiger partial charge in [-0.15, -0.1) is 11.6 Å². The Kier molecular flexibility index (Phi) is 3.62. The Hall–Kier alpha value is -1.28. The minimum Gasteiger partial charge on any atom is -0.241 e. The first kappa shape index (κ1) is 11.2. The molecule has 0 radical (unpaired) electrons. The highest BCUT2D eigenvalue weighted by Crippen LogP contribution is 2.11. The summed E-state index contributed by atoms with van der Waals surface area (Å²) >= 11 is 5.67. The van der Waals surface area contributed by atoms with Gasteiger partial charge in [0.25, 0.3) is 0 Å². The monoisotopic (exact) mass is 234 g/mol. The van der Waals surface area contributed by atoms with Gasteiger partial charge in [0.05, 0.1) is 11.9 Å². The van der Waals surface area contributed by atoms with Gasteiger partial charge in [-0.2, -0.15) is 5.10 Å². The molecule has 16 heavy (non-hydrogen) atoms. The van der Waals surface area contributed by atoms with E-state index in [4.69, 9.17) is 11.6 Å². The maximum Gasteiger partial charge on any atom is 0.0648 e. The normalized spacial score (nSPS) is 10.6. The van der Waals surface area contributed by atoms with Crippen LogP contribution in [0.5, 0.6) is 0 Å². The third-order valence-corrected chi connectivity index (χ3v) is 2.77. The summed E-state index contributed by atoms with van der Waals surface area (Å²) in [6, 6.07) is 8.32. The minimum absolute atomic E-state index is 0.704. The minimum atomic E-state index is 0.704. The number of nitrogens with zero attached hydrogens (tertiary/aromatic N) is 2. The van der Waals surface area contributed by atoms with Crippen molar-refractivity contribution < 1.29 is 0 Å². The molecule has 2 rings (SSSR count). The van der Waals surface area contributed by atoms with Gasteiger partial charge in [0.15, 0.2) is 0 Å². The van der Waals surface area contributed by atoms with Crippen molar-refractivity contribution in [3.8, 4) is 5.69 Å². The zero-order valence-electron chi connectivity index (χ0n) is 9.36. The van der Waals surface area contributed by atoms with Gasteiger partial charge in [-0.25, -0.2) is 4.68 Å². The van der Waals surface area contributed by atoms with Crippen molar-refractivity contribution >= 4 is 11.6 Å². The van der Waals surface area contributed by atoms with Crippen LogP contribution in [0.4, 0.5) is 0 Å². The van der Waals surface area contributed by atoms with Crippen LogP contribution in [0.15, 0.2) is 36.7 Å². The topological polar surface area (TPSA) is 17.8 Å². The zero-order chi connectivity index (χ0) is 11.4. The summed E-state index contributed by atoms with van der Waals surface area (Å²) in [5.74, 6) is 0.704. The first-order valence-corrected chi connectivity index (χ1v) is 5.99. The van der Waals surface area contributed by atoms with Crippen LogP contribution >= 0.6 is 11.6 Å². The van der Waals surface area contributed by atoms with E-state index in [9.17, 15) is 0 Å². The molecular weight excluding hydrogens is 220 g/mol. The second-order valence-electron chi connectivity index (χ2n) is 3.92. The molecule has 2 nitrogen and oxygen atoms in total. The predicted molar refractivity (Wildman–Crippen MR) is 67.3 cm³/mol. The van der Waals surface area contributed by atoms with Crippen molar-refractivity contribution in [1.82, 2.24) is 9.78 Å². The molecule has 0 spiro atoms. The van der Waals surface area contributed by atoms with Crippen molar-refractivity contribution in [1.29, 1.82) is 0 Å². The van der Waals surface area contributed by atoms with Gasteiger partial charge in [-0.3, -0.25) is 0 Å². The van der Waals surface area contributed by atoms with Crippen LogP contribution in [-0.2, 0) is 6.42 Å². The summed E-state index contributed by atoms with van der Waals surface area (Å²) < 4.78 is 1.91. The number of aryl methyl sites for hydroxylation is 2. The molecule has 1 aromatic carbocycles. The van der Waals surface area contributed by atoms with Gasteiger partial charge in [0, 0.05) is 12.1 Å². The average molecular weight is 235 g/mol. The number of rotatable bonds is 4. The second kappa shape index (κ2) is 5.17. The summed E-state index contributed by atoms with van der Waals surface area (Å²) in [5, 5.41) is 4.35. The molecule has 1 aromatic heterocycles. The van der Waals surface area contributed by atoms with Crippen molar-refractivity contribution in [2.45, 2.75) is 19.8 Å². The summed E-state index contributed by atoms with van der Waals surface area (Å²) in [7, 11) is 0. The van der Waals surface area contributed by atoms with Gasteiger partial charge >= 0.3 is 0 Å². The van der Waals surface area contributed by atoms with E-state index in [1.54, 1.807) is 0 Å². The van der Waals surface area contributed by atoms with Crippen LogP contribution in [0.1, 0.15) is 17.5 Å². The average Bonchev–Trinajstić information content (AvgIpc) is 2.75. The van der Waals surface area contributed by atoms with E-state index in [1.165, 1.54) is 11.1 Å². The number of hydrogen-bond acceptors (Lipinski definition) is 1. The molecule has 0 saturated heterocycles. The molecule has 0 saturated carbocycles. The number of aromatic nitrogens is 2. The molecule has 84 valence electrons. The Morgan fingerprint density at radius 1 is 1.38 bits per heavy atom. The van der Waals surface area contributed by atoms with Crippen LogP contribution in [0.25, 0.3) is 5.69 Å². The summed E-state index contributed by atoms with van der Waals surface area (Å²) in [6.07, 6.45) is 5.98. The Bertz CT molecular complexity index is 462. The standard InChI is InChI=1S/C13H15ClN2/c1-11-4-2-6-13(8-11)16-10-12(9-15-16)5-3-7-14/h2,4,6,8-10H,3,5,7H2,1H3. The first-order chi connectivity index (χ1) is 7.79. The molecule has 0 N–H and O–H groups in total. The lowest BCUT2D eigenvalue weighted by molar-refractivity contribution is 0.876. The van der Waals surface area contributed by atoms with E-state index in [0.717, 1.165) is 18.5 Å². The Morgan fingerprint density at radius 3 is 3.00 bits per heavy atom. The largest absolute Gasteiger partial charge is 0.241 e. The van der Waals surface area contributed by atoms with Crippen molar-refractivity contribution in [2.24, 2.45) is 0 Å². The molecule has 0 atom stereocenters. The number of halogens is 1. The highest BCUT2D eigenvalue weighted by atomic mass is 35.5. The zero-order valence-corrected chi connectivity index (χ0v) is 10.1. The van der Waals surface area contributed by atoms with E-state index in [1.807, 2.05) is 16.9 Å². The van der Waals surface area contributed by atoms with Crippen molar-refractivity contribution in [3.05, 3.63) is 47.8 Å². The molecule has 2 aromatic rings. The SMILES string of the molecule is Cc1cccc(-n2cc(CCCCl)cn2)c1. The molecule has 1 heterocycles.